The van der Waals surface area contributed by atoms with Gasteiger partial charge in [0.05, 0.1) is 0 Å². The third kappa shape index (κ3) is 2.43. The molecule has 4 nitrogen and oxygen atoms in total. The molecule has 1 N–H and O–H groups in total. The second-order valence-corrected chi connectivity index (χ2v) is 1.38. The summed E-state index contributed by atoms with van der Waals surface area (Å²) < 4.78 is 0. The monoisotopic (exact) mass is 148 g/mol. The van der Waals surface area contributed by atoms with Crippen molar-refractivity contribution >= 4 is 5.97 Å². The maximum atomic E-state index is 10.1. The zero-order valence-corrected chi connectivity index (χ0v) is 7.48. The second kappa shape index (κ2) is 4.38. The molecule has 0 saturated heterocycles. The van der Waals surface area contributed by atoms with Crippen molar-refractivity contribution in [2.75, 3.05) is 0 Å². The Morgan fingerprint density at radius 3 is 2.30 bits per heavy atom. The van der Waals surface area contributed by atoms with Gasteiger partial charge in [-0.05, 0) is 6.07 Å². The summed E-state index contributed by atoms with van der Waals surface area (Å²) in [6, 6.07) is 1.56. The van der Waals surface area contributed by atoms with Gasteiger partial charge in [-0.2, -0.15) is 0 Å². The number of hydrogen-bond donors (Lipinski definition) is 1. The molecule has 5 heteroatoms. The van der Waals surface area contributed by atoms with E-state index in [-0.39, 0.29) is 36.8 Å². The maximum absolute atomic E-state index is 10.1. The number of carboxylic acid groups (broad SMARTS) is 1. The molecule has 1 heterocycles. The van der Waals surface area contributed by atoms with E-state index in [4.69, 9.17) is 5.11 Å². The fourth-order valence-electron chi connectivity index (χ4n) is 0.410. The van der Waals surface area contributed by atoms with Gasteiger partial charge in [-0.3, -0.25) is 0 Å². The zero-order valence-electron chi connectivity index (χ0n) is 6.48. The van der Waals surface area contributed by atoms with Crippen molar-refractivity contribution in [1.29, 1.82) is 0 Å². The van der Waals surface area contributed by atoms with Gasteiger partial charge in [0.15, 0.2) is 0 Å². The number of carboxylic acids is 1. The van der Waals surface area contributed by atoms with E-state index in [2.05, 4.69) is 9.97 Å². The standard InChI is InChI=1S/C5H4N2O2.Na.H/c8-5(9)4-6-2-1-3-7-4;;/h1-3H,(H,8,9);;/q;+1;-1. The van der Waals surface area contributed by atoms with Crippen molar-refractivity contribution in [3.63, 3.8) is 0 Å². The van der Waals surface area contributed by atoms with Gasteiger partial charge in [0.1, 0.15) is 0 Å². The van der Waals surface area contributed by atoms with Gasteiger partial charge in [0.2, 0.25) is 5.82 Å². The first-order valence-electron chi connectivity index (χ1n) is 2.31. The molecule has 0 aliphatic heterocycles. The molecule has 0 amide bonds. The topological polar surface area (TPSA) is 63.1 Å². The predicted octanol–water partition coefficient (Wildman–Crippen LogP) is -2.71. The van der Waals surface area contributed by atoms with Crippen LogP contribution in [0.2, 0.25) is 0 Å². The van der Waals surface area contributed by atoms with Crippen molar-refractivity contribution in [3.05, 3.63) is 24.3 Å². The van der Waals surface area contributed by atoms with Crippen molar-refractivity contribution in [2.24, 2.45) is 0 Å². The van der Waals surface area contributed by atoms with E-state index in [0.717, 1.165) is 0 Å². The summed E-state index contributed by atoms with van der Waals surface area (Å²) in [5.74, 6) is -1.27. The van der Waals surface area contributed by atoms with Crippen LogP contribution in [0.3, 0.4) is 0 Å². The van der Waals surface area contributed by atoms with Crippen LogP contribution in [-0.4, -0.2) is 21.0 Å². The van der Waals surface area contributed by atoms with Crippen LogP contribution in [0.1, 0.15) is 12.0 Å². The molecule has 0 aromatic carbocycles. The van der Waals surface area contributed by atoms with Crippen LogP contribution in [0.25, 0.3) is 0 Å². The average Bonchev–Trinajstić information content (AvgIpc) is 1.90. The van der Waals surface area contributed by atoms with E-state index < -0.39 is 5.97 Å². The summed E-state index contributed by atoms with van der Waals surface area (Å²) in [6.45, 7) is 0. The predicted molar refractivity (Wildman–Crippen MR) is 30.1 cm³/mol. The molecule has 0 bridgehead atoms. The molecule has 10 heavy (non-hydrogen) atoms. The van der Waals surface area contributed by atoms with Crippen molar-refractivity contribution in [3.8, 4) is 0 Å². The molecular weight excluding hydrogens is 143 g/mol. The van der Waals surface area contributed by atoms with Crippen LogP contribution in [0.4, 0.5) is 0 Å². The Hall–Kier alpha value is -0.450. The van der Waals surface area contributed by atoms with Crippen molar-refractivity contribution < 1.29 is 40.9 Å². The molecule has 0 fully saturated rings. The molecule has 48 valence electrons. The van der Waals surface area contributed by atoms with Crippen LogP contribution in [-0.2, 0) is 0 Å². The second-order valence-electron chi connectivity index (χ2n) is 1.38. The van der Waals surface area contributed by atoms with Gasteiger partial charge in [0, 0.05) is 12.4 Å². The summed E-state index contributed by atoms with van der Waals surface area (Å²) in [6.07, 6.45) is 2.77. The van der Waals surface area contributed by atoms with Gasteiger partial charge < -0.3 is 6.53 Å². The first-order valence-corrected chi connectivity index (χ1v) is 2.31. The minimum atomic E-state index is -1.10. The minimum Gasteiger partial charge on any atom is -1.00 e. The van der Waals surface area contributed by atoms with Crippen LogP contribution < -0.4 is 29.6 Å². The Balaban J connectivity index is 0. The number of aromatic carboxylic acids is 1. The summed E-state index contributed by atoms with van der Waals surface area (Å²) in [5.41, 5.74) is 0. The third-order valence-corrected chi connectivity index (χ3v) is 0.757. The largest absolute Gasteiger partial charge is 1.00 e. The minimum absolute atomic E-state index is 0. The quantitative estimate of drug-likeness (QED) is 0.440. The van der Waals surface area contributed by atoms with E-state index in [1.807, 2.05) is 0 Å². The number of rotatable bonds is 1. The first-order chi connectivity index (χ1) is 4.30. The van der Waals surface area contributed by atoms with E-state index in [9.17, 15) is 4.79 Å². The van der Waals surface area contributed by atoms with Crippen molar-refractivity contribution in [1.82, 2.24) is 9.97 Å². The molecule has 1 aromatic heterocycles. The Kier molecular flexibility index (Phi) is 4.18. The summed E-state index contributed by atoms with van der Waals surface area (Å²) in [5, 5.41) is 8.26. The van der Waals surface area contributed by atoms with Gasteiger partial charge >= 0.3 is 35.5 Å². The number of hydrogen-bond acceptors (Lipinski definition) is 3. The number of carbonyl (C=O) groups is 1. The van der Waals surface area contributed by atoms with E-state index >= 15 is 0 Å². The molecule has 0 aliphatic carbocycles. The van der Waals surface area contributed by atoms with Crippen LogP contribution in [0.15, 0.2) is 18.5 Å². The van der Waals surface area contributed by atoms with Gasteiger partial charge in [-0.1, -0.05) is 0 Å². The molecule has 0 radical (unpaired) electrons. The van der Waals surface area contributed by atoms with Gasteiger partial charge in [-0.15, -0.1) is 0 Å². The normalized spacial score (nSPS) is 8.00. The Labute approximate surface area is 81.1 Å². The SMILES string of the molecule is O=C(O)c1ncccn1.[H-].[Na+]. The molecule has 0 spiro atoms. The Morgan fingerprint density at radius 1 is 1.50 bits per heavy atom. The summed E-state index contributed by atoms with van der Waals surface area (Å²) >= 11 is 0. The molecule has 0 saturated carbocycles. The average molecular weight is 148 g/mol. The fourth-order valence-corrected chi connectivity index (χ4v) is 0.410. The van der Waals surface area contributed by atoms with Gasteiger partial charge in [0.25, 0.3) is 0 Å². The summed E-state index contributed by atoms with van der Waals surface area (Å²) in [4.78, 5) is 17.0. The van der Waals surface area contributed by atoms with Crippen molar-refractivity contribution in [2.45, 2.75) is 0 Å². The first kappa shape index (κ1) is 9.55. The van der Waals surface area contributed by atoms with E-state index in [1.54, 1.807) is 6.07 Å². The smallest absolute Gasteiger partial charge is 1.00 e. The fraction of sp³-hybridized carbons (Fsp3) is 0. The van der Waals surface area contributed by atoms with Crippen LogP contribution in [0.5, 0.6) is 0 Å². The number of nitrogens with zero attached hydrogens (tertiary/aromatic N) is 2. The molecule has 0 unspecified atom stereocenters. The molecule has 1 aromatic rings. The maximum Gasteiger partial charge on any atom is 1.00 e. The summed E-state index contributed by atoms with van der Waals surface area (Å²) in [7, 11) is 0. The molecule has 0 aliphatic rings. The van der Waals surface area contributed by atoms with E-state index in [0.29, 0.717) is 0 Å². The Morgan fingerprint density at radius 2 is 2.00 bits per heavy atom. The van der Waals surface area contributed by atoms with Crippen LogP contribution >= 0.6 is 0 Å². The number of aromatic nitrogens is 2. The molecule has 1 rings (SSSR count). The third-order valence-electron chi connectivity index (χ3n) is 0.757. The molecule has 0 atom stereocenters. The van der Waals surface area contributed by atoms with Gasteiger partial charge in [-0.25, -0.2) is 14.8 Å². The Bertz CT molecular complexity index is 219. The zero-order chi connectivity index (χ0) is 6.69. The van der Waals surface area contributed by atoms with E-state index in [1.165, 1.54) is 12.4 Å². The molecular formula is C5H5N2NaO2. The van der Waals surface area contributed by atoms with Crippen LogP contribution in [0, 0.1) is 0 Å².